The van der Waals surface area contributed by atoms with E-state index in [-0.39, 0.29) is 22.8 Å². The first-order chi connectivity index (χ1) is 13.5. The number of benzene rings is 2. The molecule has 2 aromatic rings. The first-order valence-electron chi connectivity index (χ1n) is 9.45. The Bertz CT molecular complexity index is 978. The van der Waals surface area contributed by atoms with Crippen LogP contribution in [-0.4, -0.2) is 23.9 Å². The Morgan fingerprint density at radius 2 is 1.71 bits per heavy atom. The molecule has 28 heavy (non-hydrogen) atoms. The van der Waals surface area contributed by atoms with Gasteiger partial charge in [-0.2, -0.15) is 0 Å². The molecule has 5 nitrogen and oxygen atoms in total. The van der Waals surface area contributed by atoms with Gasteiger partial charge in [-0.15, -0.1) is 0 Å². The van der Waals surface area contributed by atoms with Gasteiger partial charge in [-0.3, -0.25) is 9.59 Å². The van der Waals surface area contributed by atoms with Gasteiger partial charge in [0.05, 0.1) is 22.4 Å². The van der Waals surface area contributed by atoms with Crippen LogP contribution >= 0.6 is 11.6 Å². The van der Waals surface area contributed by atoms with Crippen molar-refractivity contribution in [1.82, 2.24) is 0 Å². The lowest BCUT2D eigenvalue weighted by Crippen LogP contribution is -2.29. The van der Waals surface area contributed by atoms with Gasteiger partial charge in [0, 0.05) is 5.02 Å². The molecule has 2 aliphatic rings. The maximum absolute atomic E-state index is 12.9. The van der Waals surface area contributed by atoms with Crippen LogP contribution in [0.4, 0.5) is 5.69 Å². The van der Waals surface area contributed by atoms with Crippen molar-refractivity contribution >= 4 is 35.1 Å². The van der Waals surface area contributed by atoms with Crippen molar-refractivity contribution in [2.75, 3.05) is 4.90 Å². The van der Waals surface area contributed by atoms with Gasteiger partial charge in [-0.25, -0.2) is 9.69 Å². The zero-order valence-electron chi connectivity index (χ0n) is 15.5. The third-order valence-corrected chi connectivity index (χ3v) is 5.77. The smallest absolute Gasteiger partial charge is 0.338 e. The molecule has 144 valence electrons. The number of nitrogens with zero attached hydrogens (tertiary/aromatic N) is 1. The fourth-order valence-corrected chi connectivity index (χ4v) is 3.90. The summed E-state index contributed by atoms with van der Waals surface area (Å²) in [7, 11) is 0. The molecule has 2 aromatic carbocycles. The number of carbonyl (C=O) groups is 3. The van der Waals surface area contributed by atoms with E-state index in [1.165, 1.54) is 18.6 Å². The van der Waals surface area contributed by atoms with Gasteiger partial charge >= 0.3 is 5.97 Å². The van der Waals surface area contributed by atoms with Crippen LogP contribution in [0.1, 0.15) is 68.7 Å². The zero-order valence-corrected chi connectivity index (χ0v) is 16.3. The molecule has 6 heteroatoms. The number of carbonyl (C=O) groups excluding carboxylic acids is 3. The summed E-state index contributed by atoms with van der Waals surface area (Å²) in [5.74, 6) is -1.34. The number of hydrogen-bond donors (Lipinski definition) is 0. The molecule has 1 aliphatic carbocycles. The average molecular weight is 398 g/mol. The van der Waals surface area contributed by atoms with Gasteiger partial charge in [0.25, 0.3) is 11.8 Å². The first-order valence-corrected chi connectivity index (χ1v) is 9.83. The van der Waals surface area contributed by atoms with E-state index in [4.69, 9.17) is 16.3 Å². The second-order valence-electron chi connectivity index (χ2n) is 7.30. The summed E-state index contributed by atoms with van der Waals surface area (Å²) in [6, 6.07) is 9.55. The Morgan fingerprint density at radius 3 is 2.43 bits per heavy atom. The fraction of sp³-hybridized carbons (Fsp3) is 0.318. The molecule has 0 atom stereocenters. The second-order valence-corrected chi connectivity index (χ2v) is 7.71. The molecule has 0 bridgehead atoms. The molecule has 1 saturated carbocycles. The highest BCUT2D eigenvalue weighted by molar-refractivity contribution is 6.36. The molecule has 0 unspecified atom stereocenters. The Kier molecular flexibility index (Phi) is 4.94. The molecule has 1 fully saturated rings. The van der Waals surface area contributed by atoms with Crippen molar-refractivity contribution in [3.05, 3.63) is 63.7 Å². The summed E-state index contributed by atoms with van der Waals surface area (Å²) < 4.78 is 5.57. The van der Waals surface area contributed by atoms with Crippen LogP contribution in [0, 0.1) is 6.92 Å². The molecular formula is C22H20ClNO4. The van der Waals surface area contributed by atoms with Crippen LogP contribution in [0.15, 0.2) is 36.4 Å². The van der Waals surface area contributed by atoms with Crippen molar-refractivity contribution < 1.29 is 19.1 Å². The van der Waals surface area contributed by atoms with Gasteiger partial charge < -0.3 is 4.74 Å². The molecule has 0 radical (unpaired) electrons. The minimum Gasteiger partial charge on any atom is -0.459 e. The topological polar surface area (TPSA) is 63.7 Å². The van der Waals surface area contributed by atoms with Crippen LogP contribution in [-0.2, 0) is 4.74 Å². The quantitative estimate of drug-likeness (QED) is 0.543. The molecule has 1 aliphatic heterocycles. The van der Waals surface area contributed by atoms with Gasteiger partial charge in [0.1, 0.15) is 6.10 Å². The Morgan fingerprint density at radius 1 is 1.00 bits per heavy atom. The minimum atomic E-state index is -0.466. The Hall–Kier alpha value is -2.66. The average Bonchev–Trinajstić information content (AvgIpc) is 2.95. The molecule has 0 aromatic heterocycles. The van der Waals surface area contributed by atoms with E-state index in [1.807, 2.05) is 6.92 Å². The number of halogens is 1. The standard InChI is InChI=1S/C22H20ClNO4/c1-13-7-9-15(12-19(13)23)24-20(25)17-10-8-14(11-18(17)21(24)26)22(27)28-16-5-3-2-4-6-16/h7-12,16H,2-6H2,1H3. The summed E-state index contributed by atoms with van der Waals surface area (Å²) >= 11 is 6.15. The molecule has 4 rings (SSSR count). The van der Waals surface area contributed by atoms with E-state index >= 15 is 0 Å². The Balaban J connectivity index is 1.60. The summed E-state index contributed by atoms with van der Waals surface area (Å²) in [5, 5.41) is 0.478. The predicted molar refractivity (Wildman–Crippen MR) is 106 cm³/mol. The summed E-state index contributed by atoms with van der Waals surface area (Å²) in [6.07, 6.45) is 4.96. The number of aryl methyl sites for hydroxylation is 1. The first kappa shape index (κ1) is 18.7. The minimum absolute atomic E-state index is 0.0713. The number of rotatable bonds is 3. The van der Waals surface area contributed by atoms with Gasteiger partial charge in [0.15, 0.2) is 0 Å². The molecule has 0 saturated heterocycles. The van der Waals surface area contributed by atoms with E-state index in [1.54, 1.807) is 24.3 Å². The number of imide groups is 1. The van der Waals surface area contributed by atoms with E-state index < -0.39 is 17.8 Å². The number of anilines is 1. The van der Waals surface area contributed by atoms with Crippen molar-refractivity contribution in [3.8, 4) is 0 Å². The number of amides is 2. The van der Waals surface area contributed by atoms with Crippen LogP contribution in [0.2, 0.25) is 5.02 Å². The third-order valence-electron chi connectivity index (χ3n) is 5.36. The van der Waals surface area contributed by atoms with E-state index in [0.29, 0.717) is 10.7 Å². The summed E-state index contributed by atoms with van der Waals surface area (Å²) in [4.78, 5) is 39.2. The maximum Gasteiger partial charge on any atom is 0.338 e. The third kappa shape index (κ3) is 3.31. The summed E-state index contributed by atoms with van der Waals surface area (Å²) in [6.45, 7) is 1.85. The monoisotopic (exact) mass is 397 g/mol. The highest BCUT2D eigenvalue weighted by Crippen LogP contribution is 2.32. The van der Waals surface area contributed by atoms with Crippen molar-refractivity contribution in [1.29, 1.82) is 0 Å². The lowest BCUT2D eigenvalue weighted by molar-refractivity contribution is 0.0211. The number of hydrogen-bond acceptors (Lipinski definition) is 4. The van der Waals surface area contributed by atoms with Crippen molar-refractivity contribution in [2.45, 2.75) is 45.1 Å². The molecular weight excluding hydrogens is 378 g/mol. The largest absolute Gasteiger partial charge is 0.459 e. The van der Waals surface area contributed by atoms with Crippen molar-refractivity contribution in [2.24, 2.45) is 0 Å². The number of fused-ring (bicyclic) bond motifs is 1. The van der Waals surface area contributed by atoms with Crippen LogP contribution < -0.4 is 4.90 Å². The fourth-order valence-electron chi connectivity index (χ4n) is 3.73. The Labute approximate surface area is 168 Å². The van der Waals surface area contributed by atoms with Crippen LogP contribution in [0.25, 0.3) is 0 Å². The molecule has 0 N–H and O–H groups in total. The van der Waals surface area contributed by atoms with Crippen LogP contribution in [0.5, 0.6) is 0 Å². The molecule has 1 heterocycles. The molecule has 0 spiro atoms. The maximum atomic E-state index is 12.9. The highest BCUT2D eigenvalue weighted by atomic mass is 35.5. The number of ether oxygens (including phenoxy) is 1. The number of esters is 1. The lowest BCUT2D eigenvalue weighted by atomic mass is 9.97. The normalized spacial score (nSPS) is 17.0. The lowest BCUT2D eigenvalue weighted by Gasteiger charge is -2.21. The van der Waals surface area contributed by atoms with Gasteiger partial charge in [0.2, 0.25) is 0 Å². The van der Waals surface area contributed by atoms with E-state index in [9.17, 15) is 14.4 Å². The van der Waals surface area contributed by atoms with Crippen molar-refractivity contribution in [3.63, 3.8) is 0 Å². The van der Waals surface area contributed by atoms with Gasteiger partial charge in [-0.05, 0) is 68.5 Å². The zero-order chi connectivity index (χ0) is 19.8. The summed E-state index contributed by atoms with van der Waals surface area (Å²) in [5.41, 5.74) is 2.04. The van der Waals surface area contributed by atoms with Gasteiger partial charge in [-0.1, -0.05) is 24.1 Å². The van der Waals surface area contributed by atoms with Crippen LogP contribution in [0.3, 0.4) is 0 Å². The van der Waals surface area contributed by atoms with E-state index in [2.05, 4.69) is 0 Å². The van der Waals surface area contributed by atoms with E-state index in [0.717, 1.165) is 36.1 Å². The molecule has 2 amide bonds. The predicted octanol–water partition coefficient (Wildman–Crippen LogP) is 4.94. The SMILES string of the molecule is Cc1ccc(N2C(=O)c3ccc(C(=O)OC4CCCCC4)cc3C2=O)cc1Cl. The highest BCUT2D eigenvalue weighted by Gasteiger charge is 2.37. The second kappa shape index (κ2) is 7.40.